The van der Waals surface area contributed by atoms with Gasteiger partial charge < -0.3 is 15.7 Å². The van der Waals surface area contributed by atoms with Crippen LogP contribution in [-0.4, -0.2) is 35.6 Å². The van der Waals surface area contributed by atoms with Crippen molar-refractivity contribution in [1.29, 1.82) is 0 Å². The summed E-state index contributed by atoms with van der Waals surface area (Å²) in [6, 6.07) is 8.15. The minimum absolute atomic E-state index is 0.0520. The summed E-state index contributed by atoms with van der Waals surface area (Å²) >= 11 is 0. The Balaban J connectivity index is 2.65. The van der Waals surface area contributed by atoms with Gasteiger partial charge in [0.15, 0.2) is 0 Å². The minimum Gasteiger partial charge on any atom is -0.391 e. The van der Waals surface area contributed by atoms with Crippen molar-refractivity contribution in [3.8, 4) is 0 Å². The molecule has 2 amide bonds. The molecule has 0 saturated heterocycles. The molecule has 0 radical (unpaired) electrons. The highest BCUT2D eigenvalue weighted by Crippen LogP contribution is 2.06. The lowest BCUT2D eigenvalue weighted by atomic mass is 10.0. The Labute approximate surface area is 132 Å². The van der Waals surface area contributed by atoms with E-state index in [1.54, 1.807) is 24.3 Å². The fraction of sp³-hybridized carbons (Fsp3) is 0.529. The molecule has 1 aromatic rings. The van der Waals surface area contributed by atoms with E-state index in [9.17, 15) is 14.7 Å². The van der Waals surface area contributed by atoms with E-state index in [0.29, 0.717) is 5.56 Å². The first-order valence-corrected chi connectivity index (χ1v) is 7.64. The van der Waals surface area contributed by atoms with E-state index in [1.807, 2.05) is 33.8 Å². The van der Waals surface area contributed by atoms with Crippen LogP contribution in [0.15, 0.2) is 30.3 Å². The average Bonchev–Trinajstić information content (AvgIpc) is 2.49. The molecule has 122 valence electrons. The normalized spacial score (nSPS) is 13.8. The summed E-state index contributed by atoms with van der Waals surface area (Å²) in [4.78, 5) is 24.4. The average molecular weight is 306 g/mol. The van der Waals surface area contributed by atoms with Gasteiger partial charge in [-0.2, -0.15) is 0 Å². The number of hydrogen-bond acceptors (Lipinski definition) is 3. The summed E-state index contributed by atoms with van der Waals surface area (Å²) < 4.78 is 0. The van der Waals surface area contributed by atoms with Crippen molar-refractivity contribution in [2.45, 2.75) is 39.8 Å². The van der Waals surface area contributed by atoms with Crippen LogP contribution in [0.25, 0.3) is 0 Å². The Morgan fingerprint density at radius 3 is 2.14 bits per heavy atom. The summed E-state index contributed by atoms with van der Waals surface area (Å²) in [5.74, 6) is -0.543. The maximum absolute atomic E-state index is 12.2. The Morgan fingerprint density at radius 2 is 1.64 bits per heavy atom. The number of rotatable bonds is 7. The molecule has 0 heterocycles. The van der Waals surface area contributed by atoms with Gasteiger partial charge in [0.2, 0.25) is 5.91 Å². The van der Waals surface area contributed by atoms with Crippen LogP contribution in [0.1, 0.15) is 38.1 Å². The third-order valence-corrected chi connectivity index (χ3v) is 3.53. The van der Waals surface area contributed by atoms with Gasteiger partial charge in [0.25, 0.3) is 5.91 Å². The number of aliphatic hydroxyl groups is 1. The minimum atomic E-state index is -0.632. The third kappa shape index (κ3) is 5.48. The molecule has 0 aliphatic carbocycles. The summed E-state index contributed by atoms with van der Waals surface area (Å²) in [5.41, 5.74) is 0.517. The molecule has 5 heteroatoms. The lowest BCUT2D eigenvalue weighted by molar-refractivity contribution is -0.124. The maximum atomic E-state index is 12.2. The van der Waals surface area contributed by atoms with Crippen LogP contribution >= 0.6 is 0 Å². The van der Waals surface area contributed by atoms with Gasteiger partial charge in [-0.25, -0.2) is 0 Å². The maximum Gasteiger partial charge on any atom is 0.251 e. The van der Waals surface area contributed by atoms with E-state index in [0.717, 1.165) is 0 Å². The van der Waals surface area contributed by atoms with Crippen molar-refractivity contribution in [3.63, 3.8) is 0 Å². The number of amides is 2. The second-order valence-corrected chi connectivity index (χ2v) is 6.12. The summed E-state index contributed by atoms with van der Waals surface area (Å²) in [5, 5.41) is 15.2. The predicted molar refractivity (Wildman–Crippen MR) is 86.4 cm³/mol. The van der Waals surface area contributed by atoms with E-state index in [4.69, 9.17) is 0 Å². The molecule has 0 fully saturated rings. The standard InChI is InChI=1S/C17H26N2O3/c1-11(2)14(20)10-18-17(22)15(12(3)4)19-16(21)13-8-6-5-7-9-13/h5-9,11-12,14-15,20H,10H2,1-4H3,(H,18,22)(H,19,21). The number of carbonyl (C=O) groups is 2. The zero-order chi connectivity index (χ0) is 16.7. The first kappa shape index (κ1) is 18.2. The van der Waals surface area contributed by atoms with Gasteiger partial charge in [-0.05, 0) is 24.0 Å². The van der Waals surface area contributed by atoms with E-state index >= 15 is 0 Å². The molecule has 0 aromatic heterocycles. The fourth-order valence-electron chi connectivity index (χ4n) is 1.90. The molecule has 22 heavy (non-hydrogen) atoms. The molecule has 5 nitrogen and oxygen atoms in total. The number of carbonyl (C=O) groups excluding carboxylic acids is 2. The zero-order valence-electron chi connectivity index (χ0n) is 13.7. The molecule has 0 bridgehead atoms. The Morgan fingerprint density at radius 1 is 1.05 bits per heavy atom. The summed E-state index contributed by atoms with van der Waals surface area (Å²) in [6.45, 7) is 7.69. The molecule has 0 aliphatic heterocycles. The number of nitrogens with one attached hydrogen (secondary N) is 2. The molecule has 2 atom stereocenters. The first-order chi connectivity index (χ1) is 10.3. The molecule has 0 aliphatic rings. The lowest BCUT2D eigenvalue weighted by Crippen LogP contribution is -2.51. The second-order valence-electron chi connectivity index (χ2n) is 6.12. The number of benzene rings is 1. The van der Waals surface area contributed by atoms with Crippen molar-refractivity contribution < 1.29 is 14.7 Å². The van der Waals surface area contributed by atoms with Crippen LogP contribution in [0.2, 0.25) is 0 Å². The fourth-order valence-corrected chi connectivity index (χ4v) is 1.90. The molecule has 1 aromatic carbocycles. The van der Waals surface area contributed by atoms with Crippen LogP contribution < -0.4 is 10.6 Å². The molecule has 0 spiro atoms. The van der Waals surface area contributed by atoms with Gasteiger partial charge in [0, 0.05) is 12.1 Å². The van der Waals surface area contributed by atoms with Gasteiger partial charge in [-0.15, -0.1) is 0 Å². The van der Waals surface area contributed by atoms with E-state index < -0.39 is 12.1 Å². The van der Waals surface area contributed by atoms with Gasteiger partial charge >= 0.3 is 0 Å². The highest BCUT2D eigenvalue weighted by Gasteiger charge is 2.25. The van der Waals surface area contributed by atoms with Crippen molar-refractivity contribution in [2.24, 2.45) is 11.8 Å². The highest BCUT2D eigenvalue weighted by molar-refractivity contribution is 5.97. The van der Waals surface area contributed by atoms with Gasteiger partial charge in [0.1, 0.15) is 6.04 Å². The molecular formula is C17H26N2O3. The Hall–Kier alpha value is -1.88. The van der Waals surface area contributed by atoms with Crippen LogP contribution in [0, 0.1) is 11.8 Å². The first-order valence-electron chi connectivity index (χ1n) is 7.64. The quantitative estimate of drug-likeness (QED) is 0.715. The zero-order valence-corrected chi connectivity index (χ0v) is 13.7. The molecule has 3 N–H and O–H groups in total. The largest absolute Gasteiger partial charge is 0.391 e. The van der Waals surface area contributed by atoms with Crippen molar-refractivity contribution in [2.75, 3.05) is 6.54 Å². The molecular weight excluding hydrogens is 280 g/mol. The summed E-state index contributed by atoms with van der Waals surface area (Å²) in [6.07, 6.45) is -0.596. The summed E-state index contributed by atoms with van der Waals surface area (Å²) in [7, 11) is 0. The monoisotopic (exact) mass is 306 g/mol. The molecule has 0 saturated carbocycles. The predicted octanol–water partition coefficient (Wildman–Crippen LogP) is 1.57. The van der Waals surface area contributed by atoms with E-state index in [1.165, 1.54) is 0 Å². The smallest absolute Gasteiger partial charge is 0.251 e. The van der Waals surface area contributed by atoms with Crippen molar-refractivity contribution in [1.82, 2.24) is 10.6 Å². The van der Waals surface area contributed by atoms with Gasteiger partial charge in [-0.1, -0.05) is 45.9 Å². The van der Waals surface area contributed by atoms with Gasteiger partial charge in [-0.3, -0.25) is 9.59 Å². The van der Waals surface area contributed by atoms with E-state index in [-0.39, 0.29) is 30.2 Å². The Bertz CT molecular complexity index is 486. The van der Waals surface area contributed by atoms with Crippen molar-refractivity contribution >= 4 is 11.8 Å². The Kier molecular flexibility index (Phi) is 7.05. The number of hydrogen-bond donors (Lipinski definition) is 3. The van der Waals surface area contributed by atoms with Crippen LogP contribution in [0.3, 0.4) is 0 Å². The SMILES string of the molecule is CC(C)C(O)CNC(=O)C(NC(=O)c1ccccc1)C(C)C. The third-order valence-electron chi connectivity index (χ3n) is 3.53. The van der Waals surface area contributed by atoms with Crippen LogP contribution in [0.5, 0.6) is 0 Å². The van der Waals surface area contributed by atoms with Gasteiger partial charge in [0.05, 0.1) is 6.10 Å². The van der Waals surface area contributed by atoms with E-state index in [2.05, 4.69) is 10.6 Å². The van der Waals surface area contributed by atoms with Crippen LogP contribution in [0.4, 0.5) is 0 Å². The van der Waals surface area contributed by atoms with Crippen LogP contribution in [-0.2, 0) is 4.79 Å². The second kappa shape index (κ2) is 8.54. The topological polar surface area (TPSA) is 78.4 Å². The molecule has 1 rings (SSSR count). The van der Waals surface area contributed by atoms with Crippen molar-refractivity contribution in [3.05, 3.63) is 35.9 Å². The highest BCUT2D eigenvalue weighted by atomic mass is 16.3. The number of aliphatic hydroxyl groups excluding tert-OH is 1. The molecule has 2 unspecified atom stereocenters. The lowest BCUT2D eigenvalue weighted by Gasteiger charge is -2.23.